The maximum absolute atomic E-state index is 13.0. The molecule has 0 aliphatic carbocycles. The van der Waals surface area contributed by atoms with Crippen LogP contribution in [0.2, 0.25) is 35.2 Å². The van der Waals surface area contributed by atoms with Gasteiger partial charge in [-0.2, -0.15) is 0 Å². The number of anilines is 12. The number of methoxy groups -OCH3 is 6. The van der Waals surface area contributed by atoms with E-state index in [1.807, 2.05) is 30.3 Å². The molecule has 32 heteroatoms. The number of ketones is 5. The Kier molecular flexibility index (Phi) is 38.5. The normalized spacial score (nSPS) is 10.8. The number of allylic oxidation sites excluding steroid dienone is 5. The molecule has 0 unspecified atom stereocenters. The van der Waals surface area contributed by atoms with E-state index < -0.39 is 0 Å². The average Bonchev–Trinajstić information content (AvgIpc) is 0.816. The quantitative estimate of drug-likeness (QED) is 0.0121. The SMILES string of the molecule is COc1cc(C(=O)/C=C/c2cccnc2Nc2ccc(Cl)cc2Cl)cc(OC)c1OC.COc1ccc(C(=O)/C=C/c2cccnc2Nc2ccc(Cl)cc2Cl)cc1N.COc1ccc(C(=O)/C=C/c2cccnc2Nc2ccc(Cl)cc2Cl)cc1OC.Nc1ccc(C(=O)/C=C/c2cccnc2Nc2ccc(F)cc2)cc1.O=C(/C=C/c1cccnc1Nc1ccc(F)cc1)c1ccc(Cl)cc1. The number of carbonyl (C=O) groups is 5. The molecule has 138 heavy (non-hydrogen) atoms. The second-order valence-electron chi connectivity index (χ2n) is 28.8. The van der Waals surface area contributed by atoms with Crippen molar-refractivity contribution in [3.63, 3.8) is 0 Å². The monoisotopic (exact) mass is 1980 g/mol. The van der Waals surface area contributed by atoms with Crippen LogP contribution in [0.4, 0.5) is 77.7 Å². The van der Waals surface area contributed by atoms with Gasteiger partial charge in [0.2, 0.25) is 5.75 Å². The number of carbonyl (C=O) groups excluding carboxylic acids is 5. The molecule has 0 fully saturated rings. The highest BCUT2D eigenvalue weighted by atomic mass is 35.5. The number of pyridine rings is 5. The van der Waals surface area contributed by atoms with Crippen LogP contribution in [0.3, 0.4) is 0 Å². The summed E-state index contributed by atoms with van der Waals surface area (Å²) in [5.74, 6) is 4.16. The highest BCUT2D eigenvalue weighted by molar-refractivity contribution is 6.38. The molecule has 15 aromatic rings. The van der Waals surface area contributed by atoms with Gasteiger partial charge >= 0.3 is 0 Å². The molecular formula is C106H85Cl7F2N12O11. The number of benzene rings is 10. The Morgan fingerprint density at radius 2 is 0.565 bits per heavy atom. The van der Waals surface area contributed by atoms with Crippen LogP contribution in [0, 0.1) is 11.6 Å². The molecule has 0 bridgehead atoms. The number of hydrogen-bond acceptors (Lipinski definition) is 23. The largest absolute Gasteiger partial charge is 0.495 e. The topological polar surface area (TPSA) is 317 Å². The minimum atomic E-state index is -0.305. The van der Waals surface area contributed by atoms with E-state index in [4.69, 9.17) is 121 Å². The van der Waals surface area contributed by atoms with Gasteiger partial charge in [0.25, 0.3) is 0 Å². The van der Waals surface area contributed by atoms with Crippen LogP contribution in [0.25, 0.3) is 30.4 Å². The second kappa shape index (κ2) is 51.7. The van der Waals surface area contributed by atoms with Gasteiger partial charge < -0.3 is 66.5 Å². The minimum absolute atomic E-state index is 0.128. The van der Waals surface area contributed by atoms with Crippen molar-refractivity contribution in [2.45, 2.75) is 0 Å². The zero-order valence-electron chi connectivity index (χ0n) is 74.3. The standard InChI is InChI=1S/C23H20Cl2N2O4.C22H18Cl2N2O3.C21H17Cl2N3O2.C20H14ClFN2O.C20H16FN3O/c1-29-20-11-15(12-21(30-2)22(20)31-3)19(28)9-6-14-5-4-10-26-23(14)27-18-8-7-16(24)13-17(18)25;1-28-20-10-6-15(12-21(20)29-2)19(27)9-5-14-4-3-11-25-22(14)26-18-8-7-16(23)13-17(18)24;1-28-20-9-5-14(11-17(20)24)19(27)8-4-13-3-2-10-25-21(13)26-18-7-6-15(22)12-16(18)23;21-16-6-3-14(4-7-16)19(25)12-5-15-2-1-13-23-20(15)24-18-10-8-17(22)9-11-18;21-16-6-10-18(11-7-16)24-20-15(2-1-13-23-20)5-12-19(25)14-3-8-17(22)9-4-14/h4-13H,1-3H3,(H,26,27);3-13H,1-2H3,(H,25,26);2-12H,24H2,1H3,(H,25,26);1-13H,(H,23,24);1-13H,22H2,(H,23,24)/b9-6+;9-5+;8-4+;2*12-5+. The summed E-state index contributed by atoms with van der Waals surface area (Å²) < 4.78 is 57.5. The van der Waals surface area contributed by atoms with E-state index >= 15 is 0 Å². The molecule has 15 rings (SSSR count). The van der Waals surface area contributed by atoms with Crippen LogP contribution in [0.1, 0.15) is 79.6 Å². The van der Waals surface area contributed by atoms with Crippen LogP contribution in [-0.4, -0.2) is 96.5 Å². The predicted molar refractivity (Wildman–Crippen MR) is 552 cm³/mol. The molecule has 0 saturated carbocycles. The molecule has 0 radical (unpaired) electrons. The van der Waals surface area contributed by atoms with Crippen LogP contribution >= 0.6 is 81.2 Å². The molecule has 5 heterocycles. The summed E-state index contributed by atoms with van der Waals surface area (Å²) in [5.41, 5.74) is 22.0. The van der Waals surface area contributed by atoms with Crippen molar-refractivity contribution in [3.8, 4) is 34.5 Å². The molecular weight excluding hydrogens is 1900 g/mol. The third-order valence-electron chi connectivity index (χ3n) is 19.5. The summed E-state index contributed by atoms with van der Waals surface area (Å²) in [6.45, 7) is 0. The van der Waals surface area contributed by atoms with Gasteiger partial charge in [-0.3, -0.25) is 24.0 Å². The van der Waals surface area contributed by atoms with Gasteiger partial charge in [-0.15, -0.1) is 0 Å². The summed E-state index contributed by atoms with van der Waals surface area (Å²) in [7, 11) is 9.09. The van der Waals surface area contributed by atoms with Crippen molar-refractivity contribution in [1.29, 1.82) is 0 Å². The van der Waals surface area contributed by atoms with Crippen molar-refractivity contribution in [3.05, 3.63) is 425 Å². The smallest absolute Gasteiger partial charge is 0.203 e. The molecule has 0 spiro atoms. The van der Waals surface area contributed by atoms with Gasteiger partial charge in [-0.1, -0.05) is 81.2 Å². The van der Waals surface area contributed by atoms with E-state index in [1.54, 1.807) is 275 Å². The number of rotatable bonds is 31. The van der Waals surface area contributed by atoms with E-state index in [2.05, 4.69) is 51.5 Å². The van der Waals surface area contributed by atoms with E-state index in [0.29, 0.717) is 172 Å². The number of halogens is 9. The zero-order valence-corrected chi connectivity index (χ0v) is 79.6. The number of nitrogens with zero attached hydrogens (tertiary/aromatic N) is 5. The van der Waals surface area contributed by atoms with Crippen molar-refractivity contribution in [2.24, 2.45) is 0 Å². The summed E-state index contributed by atoms with van der Waals surface area (Å²) in [5, 5.41) is 19.3. The first-order valence-electron chi connectivity index (χ1n) is 41.3. The summed E-state index contributed by atoms with van der Waals surface area (Å²) in [4.78, 5) is 83.9. The van der Waals surface area contributed by atoms with Crippen molar-refractivity contribution in [1.82, 2.24) is 24.9 Å². The predicted octanol–water partition coefficient (Wildman–Crippen LogP) is 27.7. The Bertz CT molecular complexity index is 6810. The molecule has 5 aromatic heterocycles. The fraction of sp³-hybridized carbons (Fsp3) is 0.0566. The Labute approximate surface area is 829 Å². The van der Waals surface area contributed by atoms with E-state index in [1.165, 1.54) is 90.2 Å². The molecule has 0 saturated heterocycles. The molecule has 23 nitrogen and oxygen atoms in total. The van der Waals surface area contributed by atoms with Gasteiger partial charge in [0.1, 0.15) is 46.5 Å². The molecule has 0 amide bonds. The van der Waals surface area contributed by atoms with E-state index in [0.717, 1.165) is 22.3 Å². The fourth-order valence-electron chi connectivity index (χ4n) is 12.4. The summed E-state index contributed by atoms with van der Waals surface area (Å²) in [6.07, 6.45) is 24.0. The Morgan fingerprint density at radius 3 is 0.884 bits per heavy atom. The van der Waals surface area contributed by atoms with Crippen molar-refractivity contribution < 1.29 is 61.2 Å². The Morgan fingerprint density at radius 1 is 0.283 bits per heavy atom. The van der Waals surface area contributed by atoms with Crippen LogP contribution < -0.4 is 66.5 Å². The van der Waals surface area contributed by atoms with Crippen molar-refractivity contribution >= 4 is 209 Å². The lowest BCUT2D eigenvalue weighted by Gasteiger charge is -2.13. The minimum Gasteiger partial charge on any atom is -0.495 e. The zero-order chi connectivity index (χ0) is 98.6. The maximum Gasteiger partial charge on any atom is 0.203 e. The maximum atomic E-state index is 13.0. The summed E-state index contributed by atoms with van der Waals surface area (Å²) in [6, 6.07) is 72.0. The van der Waals surface area contributed by atoms with Gasteiger partial charge in [0, 0.05) is 124 Å². The molecule has 0 atom stereocenters. The van der Waals surface area contributed by atoms with Crippen LogP contribution in [-0.2, 0) is 0 Å². The second-order valence-corrected chi connectivity index (χ2v) is 31.7. The van der Waals surface area contributed by atoms with E-state index in [9.17, 15) is 32.8 Å². The van der Waals surface area contributed by atoms with Crippen LogP contribution in [0.5, 0.6) is 34.5 Å². The van der Waals surface area contributed by atoms with Crippen molar-refractivity contribution in [2.75, 3.05) is 80.7 Å². The van der Waals surface area contributed by atoms with Crippen LogP contribution in [0.15, 0.2) is 322 Å². The number of nitrogens with one attached hydrogen (secondary N) is 5. The third-order valence-corrected chi connectivity index (χ3v) is 21.4. The molecule has 9 N–H and O–H groups in total. The first kappa shape index (κ1) is 103. The lowest BCUT2D eigenvalue weighted by molar-refractivity contribution is 0.103. The van der Waals surface area contributed by atoms with Gasteiger partial charge in [-0.25, -0.2) is 33.7 Å². The average molecular weight is 1990 g/mol. The van der Waals surface area contributed by atoms with Gasteiger partial charge in [0.05, 0.1) is 80.5 Å². The molecule has 0 aliphatic heterocycles. The third kappa shape index (κ3) is 30.4. The lowest BCUT2D eigenvalue weighted by atomic mass is 10.1. The van der Waals surface area contributed by atoms with Gasteiger partial charge in [-0.05, 0) is 322 Å². The molecule has 698 valence electrons. The number of nitrogens with two attached hydrogens (primary N) is 2. The first-order chi connectivity index (χ1) is 66.7. The molecule has 10 aromatic carbocycles. The number of aromatic nitrogens is 5. The molecule has 0 aliphatic rings. The highest BCUT2D eigenvalue weighted by Crippen LogP contribution is 2.40. The number of ether oxygens (including phenoxy) is 6. The first-order valence-corrected chi connectivity index (χ1v) is 44.0. The fourth-order valence-corrected chi connectivity index (χ4v) is 13.9. The number of nitrogen functional groups attached to an aromatic ring is 2. The Balaban J connectivity index is 0.000000166. The lowest BCUT2D eigenvalue weighted by Crippen LogP contribution is -2.01. The summed E-state index contributed by atoms with van der Waals surface area (Å²) >= 11 is 42.3. The van der Waals surface area contributed by atoms with Gasteiger partial charge in [0.15, 0.2) is 51.9 Å². The highest BCUT2D eigenvalue weighted by Gasteiger charge is 2.19. The Hall–Kier alpha value is -15.7. The number of hydrogen-bond donors (Lipinski definition) is 7. The van der Waals surface area contributed by atoms with E-state index in [-0.39, 0.29) is 40.6 Å².